The van der Waals surface area contributed by atoms with E-state index in [1.54, 1.807) is 23.9 Å². The Balaban J connectivity index is 0.00000128. The van der Waals surface area contributed by atoms with Gasteiger partial charge in [0.05, 0.1) is 11.4 Å². The van der Waals surface area contributed by atoms with Crippen molar-refractivity contribution >= 4 is 64.7 Å². The van der Waals surface area contributed by atoms with Crippen molar-refractivity contribution in [2.24, 2.45) is 0 Å². The second-order valence-electron chi connectivity index (χ2n) is 3.54. The summed E-state index contributed by atoms with van der Waals surface area (Å²) in [5.74, 6) is 0.931. The molecule has 1 atom stereocenters. The van der Waals surface area contributed by atoms with Crippen LogP contribution in [0, 0.1) is 5.41 Å². The molecular formula is C10H14Cl3N3S. The van der Waals surface area contributed by atoms with Crippen LogP contribution in [0.1, 0.15) is 6.92 Å². The molecular weight excluding hydrogens is 301 g/mol. The third kappa shape index (κ3) is 3.35. The molecule has 1 saturated heterocycles. The van der Waals surface area contributed by atoms with Gasteiger partial charge in [0.1, 0.15) is 0 Å². The third-order valence-corrected chi connectivity index (χ3v) is 3.72. The SMILES string of the molecule is CC1CSC(=N)N1c1ccc(Cl)cc1N.Cl.Cl. The first-order chi connectivity index (χ1) is 7.09. The van der Waals surface area contributed by atoms with E-state index in [1.807, 2.05) is 11.0 Å². The fourth-order valence-electron chi connectivity index (χ4n) is 1.64. The first-order valence-corrected chi connectivity index (χ1v) is 6.01. The summed E-state index contributed by atoms with van der Waals surface area (Å²) in [7, 11) is 0. The zero-order chi connectivity index (χ0) is 11.0. The average Bonchev–Trinajstić information content (AvgIpc) is 2.48. The molecule has 1 aliphatic heterocycles. The van der Waals surface area contributed by atoms with Crippen LogP contribution in [0.15, 0.2) is 18.2 Å². The Bertz CT molecular complexity index is 414. The van der Waals surface area contributed by atoms with Crippen LogP contribution in [0.4, 0.5) is 11.4 Å². The van der Waals surface area contributed by atoms with Crippen LogP contribution in [0.3, 0.4) is 0 Å². The Labute approximate surface area is 122 Å². The number of rotatable bonds is 1. The summed E-state index contributed by atoms with van der Waals surface area (Å²) < 4.78 is 0. The molecule has 0 aliphatic carbocycles. The van der Waals surface area contributed by atoms with Crippen molar-refractivity contribution in [1.29, 1.82) is 5.41 Å². The van der Waals surface area contributed by atoms with Gasteiger partial charge in [-0.1, -0.05) is 23.4 Å². The minimum Gasteiger partial charge on any atom is -0.397 e. The molecule has 7 heteroatoms. The van der Waals surface area contributed by atoms with E-state index in [-0.39, 0.29) is 24.8 Å². The first-order valence-electron chi connectivity index (χ1n) is 4.65. The van der Waals surface area contributed by atoms with Gasteiger partial charge in [-0.3, -0.25) is 5.41 Å². The van der Waals surface area contributed by atoms with Crippen LogP contribution < -0.4 is 10.6 Å². The molecule has 17 heavy (non-hydrogen) atoms. The van der Waals surface area contributed by atoms with Gasteiger partial charge in [0.25, 0.3) is 0 Å². The molecule has 0 spiro atoms. The standard InChI is InChI=1S/C10H12ClN3S.2ClH/c1-6-5-15-10(13)14(6)9-3-2-7(11)4-8(9)12;;/h2-4,6,13H,5,12H2,1H3;2*1H. The van der Waals surface area contributed by atoms with E-state index >= 15 is 0 Å². The Kier molecular flexibility index (Phi) is 6.48. The molecule has 0 aromatic heterocycles. The molecule has 1 unspecified atom stereocenters. The fraction of sp³-hybridized carbons (Fsp3) is 0.300. The van der Waals surface area contributed by atoms with Gasteiger partial charge < -0.3 is 10.6 Å². The highest BCUT2D eigenvalue weighted by molar-refractivity contribution is 8.14. The lowest BCUT2D eigenvalue weighted by Gasteiger charge is -2.23. The quantitative estimate of drug-likeness (QED) is 0.778. The van der Waals surface area contributed by atoms with Gasteiger partial charge in [-0.15, -0.1) is 24.8 Å². The highest BCUT2D eigenvalue weighted by atomic mass is 35.5. The second-order valence-corrected chi connectivity index (χ2v) is 4.98. The predicted molar refractivity (Wildman–Crippen MR) is 82.5 cm³/mol. The van der Waals surface area contributed by atoms with E-state index in [9.17, 15) is 0 Å². The van der Waals surface area contributed by atoms with Crippen molar-refractivity contribution in [2.75, 3.05) is 16.4 Å². The van der Waals surface area contributed by atoms with E-state index in [1.165, 1.54) is 0 Å². The van der Waals surface area contributed by atoms with Crippen molar-refractivity contribution in [2.45, 2.75) is 13.0 Å². The lowest BCUT2D eigenvalue weighted by atomic mass is 10.2. The van der Waals surface area contributed by atoms with Crippen LogP contribution in [-0.2, 0) is 0 Å². The highest BCUT2D eigenvalue weighted by Crippen LogP contribution is 2.34. The number of nitrogen functional groups attached to an aromatic ring is 1. The molecule has 3 nitrogen and oxygen atoms in total. The number of nitrogens with one attached hydrogen (secondary N) is 1. The van der Waals surface area contributed by atoms with Crippen molar-refractivity contribution in [1.82, 2.24) is 0 Å². The van der Waals surface area contributed by atoms with Crippen LogP contribution >= 0.6 is 48.2 Å². The van der Waals surface area contributed by atoms with Crippen molar-refractivity contribution in [3.05, 3.63) is 23.2 Å². The van der Waals surface area contributed by atoms with Crippen molar-refractivity contribution in [3.63, 3.8) is 0 Å². The first kappa shape index (κ1) is 16.7. The van der Waals surface area contributed by atoms with Gasteiger partial charge in [0.15, 0.2) is 5.17 Å². The number of hydrogen-bond acceptors (Lipinski definition) is 3. The maximum atomic E-state index is 7.82. The fourth-order valence-corrected chi connectivity index (χ4v) is 2.78. The van der Waals surface area contributed by atoms with E-state index in [0.717, 1.165) is 11.4 Å². The number of nitrogens with zero attached hydrogens (tertiary/aromatic N) is 1. The second kappa shape index (κ2) is 6.59. The number of thioether (sulfide) groups is 1. The van der Waals surface area contributed by atoms with Crippen LogP contribution in [0.2, 0.25) is 5.02 Å². The summed E-state index contributed by atoms with van der Waals surface area (Å²) in [6, 6.07) is 5.70. The molecule has 1 heterocycles. The molecule has 0 bridgehead atoms. The highest BCUT2D eigenvalue weighted by Gasteiger charge is 2.27. The largest absolute Gasteiger partial charge is 0.397 e. The summed E-state index contributed by atoms with van der Waals surface area (Å²) in [5.41, 5.74) is 7.40. The number of amidine groups is 1. The van der Waals surface area contributed by atoms with E-state index < -0.39 is 0 Å². The summed E-state index contributed by atoms with van der Waals surface area (Å²) in [4.78, 5) is 1.94. The molecule has 0 amide bonds. The van der Waals surface area contributed by atoms with Crippen LogP contribution in [-0.4, -0.2) is 17.0 Å². The van der Waals surface area contributed by atoms with Crippen molar-refractivity contribution < 1.29 is 0 Å². The van der Waals surface area contributed by atoms with Gasteiger partial charge >= 0.3 is 0 Å². The predicted octanol–water partition coefficient (Wildman–Crippen LogP) is 3.64. The maximum Gasteiger partial charge on any atom is 0.161 e. The number of hydrogen-bond donors (Lipinski definition) is 2. The topological polar surface area (TPSA) is 53.1 Å². The normalized spacial score (nSPS) is 18.6. The van der Waals surface area contributed by atoms with Crippen LogP contribution in [0.5, 0.6) is 0 Å². The Morgan fingerprint density at radius 1 is 1.47 bits per heavy atom. The smallest absolute Gasteiger partial charge is 0.161 e. The van der Waals surface area contributed by atoms with Gasteiger partial charge in [0.2, 0.25) is 0 Å². The van der Waals surface area contributed by atoms with Crippen LogP contribution in [0.25, 0.3) is 0 Å². The summed E-state index contributed by atoms with van der Waals surface area (Å²) in [6.07, 6.45) is 0. The van der Waals surface area contributed by atoms with E-state index in [0.29, 0.717) is 21.9 Å². The number of benzene rings is 1. The lowest BCUT2D eigenvalue weighted by Crippen LogP contribution is -2.31. The van der Waals surface area contributed by atoms with Gasteiger partial charge in [-0.05, 0) is 25.1 Å². The van der Waals surface area contributed by atoms with E-state index in [4.69, 9.17) is 22.7 Å². The molecule has 96 valence electrons. The van der Waals surface area contributed by atoms with Crippen molar-refractivity contribution in [3.8, 4) is 0 Å². The summed E-state index contributed by atoms with van der Waals surface area (Å²) >= 11 is 7.38. The van der Waals surface area contributed by atoms with E-state index in [2.05, 4.69) is 6.92 Å². The molecule has 2 rings (SSSR count). The minimum absolute atomic E-state index is 0. The Morgan fingerprint density at radius 2 is 2.12 bits per heavy atom. The molecule has 1 aliphatic rings. The third-order valence-electron chi connectivity index (χ3n) is 2.37. The molecule has 0 radical (unpaired) electrons. The summed E-state index contributed by atoms with van der Waals surface area (Å²) in [5, 5.41) is 9.00. The zero-order valence-electron chi connectivity index (χ0n) is 9.14. The maximum absolute atomic E-state index is 7.82. The van der Waals surface area contributed by atoms with Gasteiger partial charge in [-0.25, -0.2) is 0 Å². The molecule has 1 aromatic carbocycles. The lowest BCUT2D eigenvalue weighted by molar-refractivity contribution is 0.839. The number of nitrogens with two attached hydrogens (primary N) is 1. The number of anilines is 2. The molecule has 1 fully saturated rings. The monoisotopic (exact) mass is 313 g/mol. The Hall–Kier alpha value is -0.290. The minimum atomic E-state index is 0. The molecule has 0 saturated carbocycles. The average molecular weight is 315 g/mol. The molecule has 1 aromatic rings. The molecule has 3 N–H and O–H groups in total. The number of halogens is 3. The zero-order valence-corrected chi connectivity index (χ0v) is 12.3. The van der Waals surface area contributed by atoms with Gasteiger partial charge in [0, 0.05) is 16.8 Å². The summed E-state index contributed by atoms with van der Waals surface area (Å²) in [6.45, 7) is 2.09. The van der Waals surface area contributed by atoms with Gasteiger partial charge in [-0.2, -0.15) is 0 Å². The Morgan fingerprint density at radius 3 is 2.59 bits per heavy atom.